The van der Waals surface area contributed by atoms with E-state index in [1.165, 1.54) is 32.1 Å². The highest BCUT2D eigenvalue weighted by Crippen LogP contribution is 2.37. The Morgan fingerprint density at radius 2 is 1.95 bits per heavy atom. The van der Waals surface area contributed by atoms with Crippen molar-refractivity contribution in [2.45, 2.75) is 69.8 Å². The predicted molar refractivity (Wildman–Crippen MR) is 77.7 cm³/mol. The lowest BCUT2D eigenvalue weighted by Crippen LogP contribution is -2.42. The van der Waals surface area contributed by atoms with Crippen LogP contribution in [0.3, 0.4) is 0 Å². The highest BCUT2D eigenvalue weighted by Gasteiger charge is 2.42. The van der Waals surface area contributed by atoms with Gasteiger partial charge in [-0.2, -0.15) is 0 Å². The fraction of sp³-hybridized carbons (Fsp3) is 0.941. The van der Waals surface area contributed by atoms with Crippen LogP contribution in [0.1, 0.15) is 64.2 Å². The zero-order chi connectivity index (χ0) is 13.8. The average molecular weight is 280 g/mol. The Labute approximate surface area is 122 Å². The first-order valence-electron chi connectivity index (χ1n) is 8.52. The van der Waals surface area contributed by atoms with Gasteiger partial charge in [0.25, 0.3) is 0 Å². The predicted octanol–water partition coefficient (Wildman–Crippen LogP) is 3.50. The van der Waals surface area contributed by atoms with Gasteiger partial charge < -0.3 is 9.47 Å². The Morgan fingerprint density at radius 3 is 2.70 bits per heavy atom. The van der Waals surface area contributed by atoms with Crippen molar-refractivity contribution in [1.82, 2.24) is 0 Å². The molecule has 0 aromatic rings. The minimum Gasteiger partial charge on any atom is -0.378 e. The summed E-state index contributed by atoms with van der Waals surface area (Å²) in [6.45, 7) is 2.23. The number of carbonyl (C=O) groups is 1. The lowest BCUT2D eigenvalue weighted by atomic mass is 9.80. The lowest BCUT2D eigenvalue weighted by molar-refractivity contribution is -0.137. The summed E-state index contributed by atoms with van der Waals surface area (Å²) in [4.78, 5) is 12.5. The molecule has 3 aliphatic rings. The molecule has 3 fully saturated rings. The number of hydrogen-bond acceptors (Lipinski definition) is 3. The zero-order valence-corrected chi connectivity index (χ0v) is 12.6. The maximum atomic E-state index is 12.5. The second-order valence-corrected chi connectivity index (χ2v) is 7.03. The molecule has 0 bridgehead atoms. The quantitative estimate of drug-likeness (QED) is 0.790. The highest BCUT2D eigenvalue weighted by atomic mass is 16.6. The molecule has 1 spiro atoms. The summed E-state index contributed by atoms with van der Waals surface area (Å²) in [5.41, 5.74) is -0.122. The fourth-order valence-corrected chi connectivity index (χ4v) is 4.19. The summed E-state index contributed by atoms with van der Waals surface area (Å²) in [7, 11) is 0. The van der Waals surface area contributed by atoms with Crippen molar-refractivity contribution in [2.75, 3.05) is 19.8 Å². The number of Topliss-reactive ketones (excluding diaryl/α,β-unsaturated/α-hetero) is 1. The second kappa shape index (κ2) is 6.57. The Balaban J connectivity index is 1.46. The molecule has 0 radical (unpaired) electrons. The van der Waals surface area contributed by atoms with Crippen molar-refractivity contribution in [3.8, 4) is 0 Å². The zero-order valence-electron chi connectivity index (χ0n) is 12.6. The van der Waals surface area contributed by atoms with Gasteiger partial charge in [0.1, 0.15) is 5.78 Å². The minimum absolute atomic E-state index is 0.122. The van der Waals surface area contributed by atoms with Gasteiger partial charge in [0.05, 0.1) is 12.2 Å². The SMILES string of the molecule is O=C(CCC1CCCCC1)C1CCOC2(CCOC2)C1. The normalized spacial score (nSPS) is 35.5. The van der Waals surface area contributed by atoms with Crippen LogP contribution in [-0.2, 0) is 14.3 Å². The molecular formula is C17H28O3. The van der Waals surface area contributed by atoms with Gasteiger partial charge in [0.2, 0.25) is 0 Å². The van der Waals surface area contributed by atoms with Crippen molar-refractivity contribution in [3.05, 3.63) is 0 Å². The van der Waals surface area contributed by atoms with E-state index < -0.39 is 0 Å². The fourth-order valence-electron chi connectivity index (χ4n) is 4.19. The molecule has 2 saturated heterocycles. The Bertz CT molecular complexity index is 327. The largest absolute Gasteiger partial charge is 0.378 e. The standard InChI is InChI=1S/C17H28O3/c18-16(7-6-14-4-2-1-3-5-14)15-8-10-20-17(12-15)9-11-19-13-17/h14-15H,1-13H2. The lowest BCUT2D eigenvalue weighted by Gasteiger charge is -2.36. The van der Waals surface area contributed by atoms with E-state index in [1.807, 2.05) is 0 Å². The van der Waals surface area contributed by atoms with Gasteiger partial charge in [-0.3, -0.25) is 4.79 Å². The van der Waals surface area contributed by atoms with Gasteiger partial charge >= 0.3 is 0 Å². The first-order valence-corrected chi connectivity index (χ1v) is 8.52. The molecular weight excluding hydrogens is 252 g/mol. The van der Waals surface area contributed by atoms with Crippen LogP contribution in [-0.4, -0.2) is 31.2 Å². The van der Waals surface area contributed by atoms with E-state index >= 15 is 0 Å². The van der Waals surface area contributed by atoms with Crippen LogP contribution < -0.4 is 0 Å². The number of hydrogen-bond donors (Lipinski definition) is 0. The van der Waals surface area contributed by atoms with E-state index in [0.29, 0.717) is 12.4 Å². The molecule has 1 aliphatic carbocycles. The summed E-state index contributed by atoms with van der Waals surface area (Å²) < 4.78 is 11.4. The third-order valence-electron chi connectivity index (χ3n) is 5.54. The summed E-state index contributed by atoms with van der Waals surface area (Å²) in [6, 6.07) is 0. The van der Waals surface area contributed by atoms with Crippen LogP contribution >= 0.6 is 0 Å². The molecule has 2 heterocycles. The molecule has 0 N–H and O–H groups in total. The summed E-state index contributed by atoms with van der Waals surface area (Å²) in [5.74, 6) is 1.54. The molecule has 1 saturated carbocycles. The maximum absolute atomic E-state index is 12.5. The number of rotatable bonds is 4. The monoisotopic (exact) mass is 280 g/mol. The summed E-state index contributed by atoms with van der Waals surface area (Å²) >= 11 is 0. The minimum atomic E-state index is -0.122. The molecule has 0 aromatic carbocycles. The maximum Gasteiger partial charge on any atom is 0.136 e. The molecule has 3 nitrogen and oxygen atoms in total. The first kappa shape index (κ1) is 14.5. The second-order valence-electron chi connectivity index (χ2n) is 7.03. The van der Waals surface area contributed by atoms with Crippen LogP contribution in [0.4, 0.5) is 0 Å². The smallest absolute Gasteiger partial charge is 0.136 e. The molecule has 114 valence electrons. The first-order chi connectivity index (χ1) is 9.77. The topological polar surface area (TPSA) is 35.5 Å². The van der Waals surface area contributed by atoms with E-state index in [1.54, 1.807) is 0 Å². The van der Waals surface area contributed by atoms with Gasteiger partial charge in [-0.1, -0.05) is 32.1 Å². The van der Waals surface area contributed by atoms with Gasteiger partial charge in [0.15, 0.2) is 0 Å². The Hall–Kier alpha value is -0.410. The van der Waals surface area contributed by atoms with Crippen molar-refractivity contribution < 1.29 is 14.3 Å². The van der Waals surface area contributed by atoms with E-state index in [9.17, 15) is 4.79 Å². The van der Waals surface area contributed by atoms with E-state index in [2.05, 4.69) is 0 Å². The van der Waals surface area contributed by atoms with Crippen molar-refractivity contribution in [2.24, 2.45) is 11.8 Å². The van der Waals surface area contributed by atoms with Gasteiger partial charge in [-0.25, -0.2) is 0 Å². The van der Waals surface area contributed by atoms with Crippen molar-refractivity contribution in [3.63, 3.8) is 0 Å². The number of ketones is 1. The molecule has 20 heavy (non-hydrogen) atoms. The van der Waals surface area contributed by atoms with Crippen LogP contribution in [0.25, 0.3) is 0 Å². The number of carbonyl (C=O) groups excluding carboxylic acids is 1. The van der Waals surface area contributed by atoms with E-state index in [0.717, 1.165) is 51.2 Å². The van der Waals surface area contributed by atoms with Crippen molar-refractivity contribution in [1.29, 1.82) is 0 Å². The molecule has 2 atom stereocenters. The molecule has 3 rings (SSSR count). The molecule has 2 aliphatic heterocycles. The number of ether oxygens (including phenoxy) is 2. The Morgan fingerprint density at radius 1 is 1.10 bits per heavy atom. The van der Waals surface area contributed by atoms with Crippen LogP contribution in [0.15, 0.2) is 0 Å². The average Bonchev–Trinajstić information content (AvgIpc) is 2.93. The third-order valence-corrected chi connectivity index (χ3v) is 5.54. The molecule has 0 amide bonds. The Kier molecular flexibility index (Phi) is 4.77. The summed E-state index contributed by atoms with van der Waals surface area (Å²) in [6.07, 6.45) is 11.5. The van der Waals surface area contributed by atoms with Crippen LogP contribution in [0.2, 0.25) is 0 Å². The molecule has 3 heteroatoms. The van der Waals surface area contributed by atoms with Crippen molar-refractivity contribution >= 4 is 5.78 Å². The van der Waals surface area contributed by atoms with Gasteiger partial charge in [0, 0.05) is 32.0 Å². The summed E-state index contributed by atoms with van der Waals surface area (Å²) in [5, 5.41) is 0. The van der Waals surface area contributed by atoms with Crippen LogP contribution in [0.5, 0.6) is 0 Å². The highest BCUT2D eigenvalue weighted by molar-refractivity contribution is 5.81. The van der Waals surface area contributed by atoms with Gasteiger partial charge in [-0.15, -0.1) is 0 Å². The third kappa shape index (κ3) is 3.43. The van der Waals surface area contributed by atoms with E-state index in [-0.39, 0.29) is 11.5 Å². The molecule has 2 unspecified atom stereocenters. The van der Waals surface area contributed by atoms with Gasteiger partial charge in [-0.05, 0) is 25.2 Å². The van der Waals surface area contributed by atoms with Crippen LogP contribution in [0, 0.1) is 11.8 Å². The van der Waals surface area contributed by atoms with E-state index in [4.69, 9.17) is 9.47 Å². The molecule has 0 aromatic heterocycles.